The molecule has 5 heteroatoms. The highest BCUT2D eigenvalue weighted by atomic mass is 16.4. The molecule has 0 aliphatic rings. The van der Waals surface area contributed by atoms with Crippen molar-refractivity contribution in [3.05, 3.63) is 65.2 Å². The predicted molar refractivity (Wildman–Crippen MR) is 74.1 cm³/mol. The van der Waals surface area contributed by atoms with Crippen LogP contribution in [0.2, 0.25) is 0 Å². The molecule has 0 radical (unpaired) electrons. The number of benzene rings is 2. The molecule has 0 spiro atoms. The largest absolute Gasteiger partial charge is 0.478 e. The number of hydrogen-bond donors (Lipinski definition) is 2. The van der Waals surface area contributed by atoms with Gasteiger partial charge in [0.2, 0.25) is 0 Å². The molecular weight excluding hydrogens is 258 g/mol. The van der Waals surface area contributed by atoms with Gasteiger partial charge < -0.3 is 10.2 Å². The number of carboxylic acid groups (broad SMARTS) is 2. The Bertz CT molecular complexity index is 678. The molecule has 2 rings (SSSR count). The lowest BCUT2D eigenvalue weighted by atomic mass is 10.0. The number of rotatable bonds is 4. The Kier molecular flexibility index (Phi) is 3.91. The molecule has 0 amide bonds. The maximum Gasteiger partial charge on any atom is 0.336 e. The smallest absolute Gasteiger partial charge is 0.336 e. The second-order valence-electron chi connectivity index (χ2n) is 4.01. The summed E-state index contributed by atoms with van der Waals surface area (Å²) in [7, 11) is 0. The first-order valence-corrected chi connectivity index (χ1v) is 5.77. The zero-order valence-electron chi connectivity index (χ0n) is 10.4. The van der Waals surface area contributed by atoms with Crippen molar-refractivity contribution < 1.29 is 19.8 Å². The van der Waals surface area contributed by atoms with E-state index in [1.165, 1.54) is 18.3 Å². The summed E-state index contributed by atoms with van der Waals surface area (Å²) < 4.78 is 0. The summed E-state index contributed by atoms with van der Waals surface area (Å²) in [6.07, 6.45) is 1.41. The molecule has 0 bridgehead atoms. The molecule has 0 aliphatic carbocycles. The van der Waals surface area contributed by atoms with Gasteiger partial charge in [0.05, 0.1) is 16.8 Å². The van der Waals surface area contributed by atoms with E-state index in [0.717, 1.165) is 6.07 Å². The Balaban J connectivity index is 2.39. The topological polar surface area (TPSA) is 87.0 Å². The van der Waals surface area contributed by atoms with Crippen molar-refractivity contribution in [3.8, 4) is 0 Å². The summed E-state index contributed by atoms with van der Waals surface area (Å²) in [6.45, 7) is 0. The molecule has 5 nitrogen and oxygen atoms in total. The molecule has 0 aliphatic heterocycles. The van der Waals surface area contributed by atoms with Gasteiger partial charge in [-0.1, -0.05) is 24.3 Å². The minimum absolute atomic E-state index is 0.0701. The van der Waals surface area contributed by atoms with Gasteiger partial charge in [-0.25, -0.2) is 9.59 Å². The van der Waals surface area contributed by atoms with E-state index in [1.807, 2.05) is 18.2 Å². The van der Waals surface area contributed by atoms with Crippen LogP contribution < -0.4 is 0 Å². The van der Waals surface area contributed by atoms with Gasteiger partial charge in [0, 0.05) is 11.8 Å². The van der Waals surface area contributed by atoms with Crippen molar-refractivity contribution in [2.24, 2.45) is 4.99 Å². The Morgan fingerprint density at radius 2 is 1.65 bits per heavy atom. The molecule has 2 N–H and O–H groups in total. The highest BCUT2D eigenvalue weighted by Gasteiger charge is 2.12. The van der Waals surface area contributed by atoms with Gasteiger partial charge in [0.15, 0.2) is 0 Å². The summed E-state index contributed by atoms with van der Waals surface area (Å²) in [5, 5.41) is 18.0. The maximum absolute atomic E-state index is 11.2. The first kappa shape index (κ1) is 13.5. The molecule has 0 saturated heterocycles. The van der Waals surface area contributed by atoms with Crippen LogP contribution in [-0.2, 0) is 0 Å². The Morgan fingerprint density at radius 1 is 0.950 bits per heavy atom. The minimum atomic E-state index is -1.19. The zero-order valence-corrected chi connectivity index (χ0v) is 10.4. The van der Waals surface area contributed by atoms with Crippen LogP contribution in [0.3, 0.4) is 0 Å². The summed E-state index contributed by atoms with van der Waals surface area (Å²) >= 11 is 0. The lowest BCUT2D eigenvalue weighted by molar-refractivity contribution is 0.0695. The fourth-order valence-electron chi connectivity index (χ4n) is 1.65. The first-order valence-electron chi connectivity index (χ1n) is 5.77. The van der Waals surface area contributed by atoms with Crippen LogP contribution in [0.4, 0.5) is 5.69 Å². The van der Waals surface area contributed by atoms with Crippen LogP contribution in [0.5, 0.6) is 0 Å². The average Bonchev–Trinajstić information content (AvgIpc) is 2.45. The van der Waals surface area contributed by atoms with Crippen LogP contribution >= 0.6 is 0 Å². The molecule has 0 aromatic heterocycles. The molecular formula is C15H11NO4. The summed E-state index contributed by atoms with van der Waals surface area (Å²) in [5.41, 5.74) is 0.876. The first-order chi connectivity index (χ1) is 9.58. The summed E-state index contributed by atoms with van der Waals surface area (Å²) in [5.74, 6) is -2.36. The van der Waals surface area contributed by atoms with Gasteiger partial charge in [-0.2, -0.15) is 0 Å². The van der Waals surface area contributed by atoms with E-state index in [4.69, 9.17) is 10.2 Å². The molecule has 2 aromatic carbocycles. The second-order valence-corrected chi connectivity index (χ2v) is 4.01. The highest BCUT2D eigenvalue weighted by Crippen LogP contribution is 2.14. The van der Waals surface area contributed by atoms with Crippen LogP contribution in [0, 0.1) is 0 Å². The molecule has 0 unspecified atom stereocenters. The van der Waals surface area contributed by atoms with Gasteiger partial charge in [-0.15, -0.1) is 0 Å². The SMILES string of the molecule is O=C(O)c1ccc(C=Nc2ccccc2)c(C(=O)O)c1. The third-order valence-corrected chi connectivity index (χ3v) is 2.64. The van der Waals surface area contributed by atoms with Crippen LogP contribution in [0.25, 0.3) is 0 Å². The highest BCUT2D eigenvalue weighted by molar-refractivity contribution is 6.01. The molecule has 100 valence electrons. The quantitative estimate of drug-likeness (QED) is 0.835. The normalized spacial score (nSPS) is 10.6. The Labute approximate surface area is 114 Å². The molecule has 20 heavy (non-hydrogen) atoms. The number of aromatic carboxylic acids is 2. The van der Waals surface area contributed by atoms with Gasteiger partial charge in [0.1, 0.15) is 0 Å². The van der Waals surface area contributed by atoms with Gasteiger partial charge >= 0.3 is 11.9 Å². The molecule has 0 fully saturated rings. The Hall–Kier alpha value is -2.95. The second kappa shape index (κ2) is 5.79. The van der Waals surface area contributed by atoms with E-state index in [2.05, 4.69) is 4.99 Å². The van der Waals surface area contributed by atoms with Gasteiger partial charge in [-0.3, -0.25) is 4.99 Å². The van der Waals surface area contributed by atoms with Crippen molar-refractivity contribution >= 4 is 23.8 Å². The summed E-state index contributed by atoms with van der Waals surface area (Å²) in [6, 6.07) is 12.9. The number of carboxylic acids is 2. The predicted octanol–water partition coefficient (Wildman–Crippen LogP) is 2.83. The zero-order chi connectivity index (χ0) is 14.5. The standard InChI is InChI=1S/C15H11NO4/c17-14(18)10-6-7-11(13(8-10)15(19)20)9-16-12-4-2-1-3-5-12/h1-9H,(H,17,18)(H,19,20). The van der Waals surface area contributed by atoms with E-state index in [9.17, 15) is 9.59 Å². The third-order valence-electron chi connectivity index (χ3n) is 2.64. The third kappa shape index (κ3) is 3.08. The average molecular weight is 269 g/mol. The van der Waals surface area contributed by atoms with Crippen molar-refractivity contribution in [2.75, 3.05) is 0 Å². The lowest BCUT2D eigenvalue weighted by Gasteiger charge is -2.02. The Morgan fingerprint density at radius 3 is 2.25 bits per heavy atom. The number of aliphatic imine (C=N–C) groups is 1. The van der Waals surface area contributed by atoms with E-state index < -0.39 is 11.9 Å². The lowest BCUT2D eigenvalue weighted by Crippen LogP contribution is -2.05. The van der Waals surface area contributed by atoms with E-state index in [1.54, 1.807) is 12.1 Å². The van der Waals surface area contributed by atoms with Crippen molar-refractivity contribution in [3.63, 3.8) is 0 Å². The van der Waals surface area contributed by atoms with Crippen LogP contribution in [-0.4, -0.2) is 28.4 Å². The van der Waals surface area contributed by atoms with Crippen molar-refractivity contribution in [1.29, 1.82) is 0 Å². The number of nitrogens with zero attached hydrogens (tertiary/aromatic N) is 1. The van der Waals surface area contributed by atoms with E-state index in [0.29, 0.717) is 11.3 Å². The number of carbonyl (C=O) groups is 2. The van der Waals surface area contributed by atoms with E-state index >= 15 is 0 Å². The van der Waals surface area contributed by atoms with Gasteiger partial charge in [-0.05, 0) is 24.3 Å². The van der Waals surface area contributed by atoms with Crippen LogP contribution in [0.15, 0.2) is 53.5 Å². The number of para-hydroxylation sites is 1. The van der Waals surface area contributed by atoms with Crippen molar-refractivity contribution in [2.45, 2.75) is 0 Å². The van der Waals surface area contributed by atoms with Crippen LogP contribution in [0.1, 0.15) is 26.3 Å². The van der Waals surface area contributed by atoms with E-state index in [-0.39, 0.29) is 11.1 Å². The molecule has 0 atom stereocenters. The molecule has 0 saturated carbocycles. The maximum atomic E-state index is 11.2. The fourth-order valence-corrected chi connectivity index (χ4v) is 1.65. The fraction of sp³-hybridized carbons (Fsp3) is 0. The molecule has 0 heterocycles. The minimum Gasteiger partial charge on any atom is -0.478 e. The number of hydrogen-bond acceptors (Lipinski definition) is 3. The monoisotopic (exact) mass is 269 g/mol. The summed E-state index contributed by atoms with van der Waals surface area (Å²) in [4.78, 5) is 26.2. The van der Waals surface area contributed by atoms with Gasteiger partial charge in [0.25, 0.3) is 0 Å². The molecule has 2 aromatic rings. The van der Waals surface area contributed by atoms with Crippen molar-refractivity contribution in [1.82, 2.24) is 0 Å².